The Labute approximate surface area is 129 Å². The second-order valence-electron chi connectivity index (χ2n) is 5.32. The van der Waals surface area contributed by atoms with Crippen molar-refractivity contribution in [2.75, 3.05) is 26.2 Å². The lowest BCUT2D eigenvalue weighted by Crippen LogP contribution is -3.09. The molecule has 1 aliphatic rings. The molecule has 1 aromatic carbocycles. The van der Waals surface area contributed by atoms with Crippen LogP contribution >= 0.6 is 27.5 Å². The number of halogens is 2. The van der Waals surface area contributed by atoms with Gasteiger partial charge in [0, 0.05) is 12.8 Å². The first-order chi connectivity index (χ1) is 9.16. The first-order valence-corrected chi connectivity index (χ1v) is 8.26. The number of benzene rings is 1. The second-order valence-corrected chi connectivity index (χ2v) is 6.58. The quantitative estimate of drug-likeness (QED) is 0.780. The van der Waals surface area contributed by atoms with Gasteiger partial charge in [-0.25, -0.2) is 0 Å². The van der Waals surface area contributed by atoms with Gasteiger partial charge in [0.05, 0.1) is 35.7 Å². The van der Waals surface area contributed by atoms with Crippen LogP contribution in [0.4, 0.5) is 0 Å². The molecule has 0 saturated carbocycles. The van der Waals surface area contributed by atoms with Gasteiger partial charge in [0.15, 0.2) is 5.75 Å². The van der Waals surface area contributed by atoms with Crippen LogP contribution in [0.25, 0.3) is 0 Å². The number of hydrogen-bond acceptors (Lipinski definition) is 1. The summed E-state index contributed by atoms with van der Waals surface area (Å²) in [6.07, 6.45) is 5.13. The maximum Gasteiger partial charge on any atom is 0.152 e. The number of aryl methyl sites for hydroxylation is 1. The summed E-state index contributed by atoms with van der Waals surface area (Å²) in [6, 6.07) is 3.98. The van der Waals surface area contributed by atoms with E-state index in [2.05, 4.69) is 15.9 Å². The van der Waals surface area contributed by atoms with Gasteiger partial charge in [-0.3, -0.25) is 0 Å². The van der Waals surface area contributed by atoms with Crippen LogP contribution in [0.15, 0.2) is 16.6 Å². The summed E-state index contributed by atoms with van der Waals surface area (Å²) in [4.78, 5) is 1.76. The molecule has 0 aliphatic carbocycles. The zero-order chi connectivity index (χ0) is 13.7. The van der Waals surface area contributed by atoms with Gasteiger partial charge in [0.25, 0.3) is 0 Å². The molecule has 2 nitrogen and oxygen atoms in total. The molecule has 0 amide bonds. The average molecular weight is 348 g/mol. The van der Waals surface area contributed by atoms with Gasteiger partial charge >= 0.3 is 0 Å². The largest absolute Gasteiger partial charge is 0.491 e. The van der Waals surface area contributed by atoms with E-state index in [0.29, 0.717) is 5.02 Å². The number of quaternary nitrogens is 1. The van der Waals surface area contributed by atoms with Crippen molar-refractivity contribution in [3.63, 3.8) is 0 Å². The Bertz CT molecular complexity index is 396. The lowest BCUT2D eigenvalue weighted by molar-refractivity contribution is -0.887. The highest BCUT2D eigenvalue weighted by molar-refractivity contribution is 9.10. The number of hydrogen-bond donors (Lipinski definition) is 1. The van der Waals surface area contributed by atoms with Crippen LogP contribution in [0.2, 0.25) is 5.02 Å². The Balaban J connectivity index is 1.70. The third-order valence-corrected chi connectivity index (χ3v) is 4.49. The van der Waals surface area contributed by atoms with Crippen molar-refractivity contribution in [3.05, 3.63) is 27.2 Å². The fourth-order valence-electron chi connectivity index (χ4n) is 2.60. The van der Waals surface area contributed by atoms with E-state index in [1.54, 1.807) is 4.90 Å². The summed E-state index contributed by atoms with van der Waals surface area (Å²) in [5, 5.41) is 0.692. The predicted octanol–water partition coefficient (Wildman–Crippen LogP) is 3.25. The monoisotopic (exact) mass is 346 g/mol. The molecule has 106 valence electrons. The van der Waals surface area contributed by atoms with Crippen molar-refractivity contribution in [1.82, 2.24) is 0 Å². The van der Waals surface area contributed by atoms with Crippen molar-refractivity contribution in [3.8, 4) is 5.75 Å². The molecule has 2 rings (SSSR count). The number of nitrogens with one attached hydrogen (secondary N) is 1. The van der Waals surface area contributed by atoms with Gasteiger partial charge < -0.3 is 9.64 Å². The van der Waals surface area contributed by atoms with Crippen LogP contribution < -0.4 is 9.64 Å². The van der Waals surface area contributed by atoms with Gasteiger partial charge in [0.1, 0.15) is 0 Å². The lowest BCUT2D eigenvalue weighted by Gasteiger charge is -2.13. The van der Waals surface area contributed by atoms with Crippen LogP contribution in [0.3, 0.4) is 0 Å². The molecule has 1 N–H and O–H groups in total. The highest BCUT2D eigenvalue weighted by Crippen LogP contribution is 2.34. The van der Waals surface area contributed by atoms with E-state index in [4.69, 9.17) is 16.3 Å². The highest BCUT2D eigenvalue weighted by Gasteiger charge is 2.14. The molecule has 1 saturated heterocycles. The zero-order valence-electron chi connectivity index (χ0n) is 11.5. The van der Waals surface area contributed by atoms with Crippen LogP contribution in [0, 0.1) is 6.92 Å². The first kappa shape index (κ1) is 15.1. The topological polar surface area (TPSA) is 13.7 Å². The molecule has 4 heteroatoms. The smallest absolute Gasteiger partial charge is 0.152 e. The summed E-state index contributed by atoms with van der Waals surface area (Å²) < 4.78 is 6.75. The third-order valence-electron chi connectivity index (χ3n) is 3.62. The van der Waals surface area contributed by atoms with Crippen molar-refractivity contribution >= 4 is 27.5 Å². The molecular formula is C15H22BrClNO+. The first-order valence-electron chi connectivity index (χ1n) is 7.09. The molecule has 0 bridgehead atoms. The Kier molecular flexibility index (Phi) is 5.99. The lowest BCUT2D eigenvalue weighted by atomic mass is 10.2. The zero-order valence-corrected chi connectivity index (χ0v) is 13.8. The average Bonchev–Trinajstić information content (AvgIpc) is 2.84. The molecular weight excluding hydrogens is 326 g/mol. The van der Waals surface area contributed by atoms with E-state index in [9.17, 15) is 0 Å². The minimum absolute atomic E-state index is 0.692. The van der Waals surface area contributed by atoms with E-state index >= 15 is 0 Å². The number of rotatable bonds is 6. The van der Waals surface area contributed by atoms with Crippen molar-refractivity contribution in [2.24, 2.45) is 0 Å². The molecule has 0 aromatic heterocycles. The van der Waals surface area contributed by atoms with Gasteiger partial charge in [-0.15, -0.1) is 0 Å². The van der Waals surface area contributed by atoms with Gasteiger partial charge in [-0.05, 0) is 53.4 Å². The molecule has 1 heterocycles. The van der Waals surface area contributed by atoms with Crippen LogP contribution in [0.5, 0.6) is 5.75 Å². The second kappa shape index (κ2) is 7.51. The highest BCUT2D eigenvalue weighted by atomic mass is 79.9. The van der Waals surface area contributed by atoms with Crippen molar-refractivity contribution in [2.45, 2.75) is 32.6 Å². The van der Waals surface area contributed by atoms with Crippen LogP contribution in [0.1, 0.15) is 31.2 Å². The third kappa shape index (κ3) is 4.66. The molecule has 1 fully saturated rings. The van der Waals surface area contributed by atoms with Gasteiger partial charge in [0.2, 0.25) is 0 Å². The normalized spacial score (nSPS) is 15.9. The predicted molar refractivity (Wildman–Crippen MR) is 83.4 cm³/mol. The van der Waals surface area contributed by atoms with Gasteiger partial charge in [-0.1, -0.05) is 11.6 Å². The van der Waals surface area contributed by atoms with Crippen molar-refractivity contribution in [1.29, 1.82) is 0 Å². The molecule has 0 spiro atoms. The SMILES string of the molecule is Cc1cc(Cl)c(OCCCC[NH+]2CCCC2)c(Br)c1. The maximum absolute atomic E-state index is 6.19. The van der Waals surface area contributed by atoms with Crippen molar-refractivity contribution < 1.29 is 9.64 Å². The maximum atomic E-state index is 6.19. The minimum Gasteiger partial charge on any atom is -0.491 e. The molecule has 0 radical (unpaired) electrons. The molecule has 0 unspecified atom stereocenters. The van der Waals surface area contributed by atoms with E-state index in [-0.39, 0.29) is 0 Å². The Hall–Kier alpha value is -0.250. The summed E-state index contributed by atoms with van der Waals surface area (Å²) >= 11 is 9.70. The van der Waals surface area contributed by atoms with E-state index in [0.717, 1.165) is 28.8 Å². The fraction of sp³-hybridized carbons (Fsp3) is 0.600. The van der Waals surface area contributed by atoms with Gasteiger partial charge in [-0.2, -0.15) is 0 Å². The Morgan fingerprint density at radius 1 is 1.26 bits per heavy atom. The molecule has 19 heavy (non-hydrogen) atoms. The fourth-order valence-corrected chi connectivity index (χ4v) is 3.73. The van der Waals surface area contributed by atoms with E-state index in [1.165, 1.54) is 38.9 Å². The summed E-state index contributed by atoms with van der Waals surface area (Å²) in [6.45, 7) is 6.77. The summed E-state index contributed by atoms with van der Waals surface area (Å²) in [5.74, 6) is 0.779. The number of likely N-dealkylation sites (tertiary alicyclic amines) is 1. The Morgan fingerprint density at radius 3 is 2.68 bits per heavy atom. The van der Waals surface area contributed by atoms with E-state index in [1.807, 2.05) is 19.1 Å². The summed E-state index contributed by atoms with van der Waals surface area (Å²) in [5.41, 5.74) is 1.14. The van der Waals surface area contributed by atoms with Crippen LogP contribution in [-0.2, 0) is 0 Å². The summed E-state index contributed by atoms with van der Waals surface area (Å²) in [7, 11) is 0. The van der Waals surface area contributed by atoms with E-state index < -0.39 is 0 Å². The Morgan fingerprint density at radius 2 is 2.00 bits per heavy atom. The van der Waals surface area contributed by atoms with Crippen LogP contribution in [-0.4, -0.2) is 26.2 Å². The molecule has 1 aromatic rings. The number of ether oxygens (including phenoxy) is 1. The minimum atomic E-state index is 0.692. The molecule has 0 atom stereocenters. The number of unbranched alkanes of at least 4 members (excludes halogenated alkanes) is 1. The standard InChI is InChI=1S/C15H21BrClNO/c1-12-10-13(16)15(14(17)11-12)19-9-5-4-8-18-6-2-3-7-18/h10-11H,2-9H2,1H3/p+1. The molecule has 1 aliphatic heterocycles.